The molecule has 4 rings (SSSR count). The van der Waals surface area contributed by atoms with E-state index in [0.717, 1.165) is 17.8 Å². The highest BCUT2D eigenvalue weighted by molar-refractivity contribution is 5.94. The molecule has 0 N–H and O–H groups in total. The Morgan fingerprint density at radius 3 is 2.48 bits per heavy atom. The summed E-state index contributed by atoms with van der Waals surface area (Å²) in [6, 6.07) is 9.46. The average Bonchev–Trinajstić information content (AvgIpc) is 3.17. The van der Waals surface area contributed by atoms with E-state index in [2.05, 4.69) is 9.97 Å². The predicted molar refractivity (Wildman–Crippen MR) is 97.3 cm³/mol. The Morgan fingerprint density at radius 1 is 1.14 bits per heavy atom. The normalized spacial score (nSPS) is 14.5. The van der Waals surface area contributed by atoms with Gasteiger partial charge in [0.2, 0.25) is 5.88 Å². The molecule has 0 atom stereocenters. The monoisotopic (exact) mass is 402 g/mol. The van der Waals surface area contributed by atoms with Crippen molar-refractivity contribution >= 4 is 5.91 Å². The molecule has 0 saturated carbocycles. The first-order valence-corrected chi connectivity index (χ1v) is 8.92. The van der Waals surface area contributed by atoms with Crippen LogP contribution in [-0.2, 0) is 12.7 Å². The third kappa shape index (κ3) is 4.39. The quantitative estimate of drug-likeness (QED) is 0.658. The standard InChI is InChI=1S/C20H17F3N4O2/c21-20(22,23)16-5-6-18(25-9-16)29-17-11-27(12-17)19(28)15-3-1-14(2-4-15)10-26-8-7-24-13-26/h1-9,13,17H,10-12H2. The highest BCUT2D eigenvalue weighted by atomic mass is 19.4. The molecule has 6 nitrogen and oxygen atoms in total. The number of halogens is 3. The molecule has 1 amide bonds. The smallest absolute Gasteiger partial charge is 0.417 e. The highest BCUT2D eigenvalue weighted by Crippen LogP contribution is 2.29. The van der Waals surface area contributed by atoms with Crippen molar-refractivity contribution in [3.63, 3.8) is 0 Å². The summed E-state index contributed by atoms with van der Waals surface area (Å²) in [4.78, 5) is 21.8. The molecule has 1 aliphatic heterocycles. The van der Waals surface area contributed by atoms with Gasteiger partial charge in [0.25, 0.3) is 5.91 Å². The molecule has 0 aliphatic carbocycles. The van der Waals surface area contributed by atoms with Gasteiger partial charge >= 0.3 is 6.18 Å². The first kappa shape index (κ1) is 19.0. The van der Waals surface area contributed by atoms with Crippen LogP contribution in [0.3, 0.4) is 0 Å². The zero-order chi connectivity index (χ0) is 20.4. The summed E-state index contributed by atoms with van der Waals surface area (Å²) in [5.74, 6) is -0.00152. The summed E-state index contributed by atoms with van der Waals surface area (Å²) in [6.45, 7) is 1.39. The lowest BCUT2D eigenvalue weighted by atomic mass is 10.1. The van der Waals surface area contributed by atoms with Gasteiger partial charge in [-0.2, -0.15) is 13.2 Å². The Morgan fingerprint density at radius 2 is 1.90 bits per heavy atom. The number of imidazole rings is 1. The first-order chi connectivity index (χ1) is 13.9. The summed E-state index contributed by atoms with van der Waals surface area (Å²) in [5, 5.41) is 0. The van der Waals surface area contributed by atoms with Crippen LogP contribution < -0.4 is 4.74 Å². The van der Waals surface area contributed by atoms with Gasteiger partial charge in [0.1, 0.15) is 6.10 Å². The molecule has 1 aliphatic rings. The minimum absolute atomic E-state index is 0.110. The van der Waals surface area contributed by atoms with E-state index < -0.39 is 11.7 Å². The van der Waals surface area contributed by atoms with Crippen LogP contribution in [0.15, 0.2) is 61.3 Å². The molecule has 1 aromatic carbocycles. The largest absolute Gasteiger partial charge is 0.471 e. The number of likely N-dealkylation sites (tertiary alicyclic amines) is 1. The molecule has 3 aromatic rings. The molecule has 0 unspecified atom stereocenters. The van der Waals surface area contributed by atoms with Crippen molar-refractivity contribution in [1.82, 2.24) is 19.4 Å². The highest BCUT2D eigenvalue weighted by Gasteiger charge is 2.34. The Labute approximate surface area is 164 Å². The lowest BCUT2D eigenvalue weighted by Crippen LogP contribution is -2.56. The number of aromatic nitrogens is 3. The topological polar surface area (TPSA) is 60.2 Å². The molecule has 150 valence electrons. The number of carbonyl (C=O) groups excluding carboxylic acids is 1. The Bertz CT molecular complexity index is 964. The number of pyridine rings is 1. The van der Waals surface area contributed by atoms with Crippen molar-refractivity contribution in [2.75, 3.05) is 13.1 Å². The number of nitrogens with zero attached hydrogens (tertiary/aromatic N) is 4. The van der Waals surface area contributed by atoms with E-state index in [1.54, 1.807) is 29.6 Å². The molecule has 1 fully saturated rings. The van der Waals surface area contributed by atoms with Gasteiger partial charge in [-0.25, -0.2) is 9.97 Å². The Hall–Kier alpha value is -3.36. The van der Waals surface area contributed by atoms with E-state index in [9.17, 15) is 18.0 Å². The minimum Gasteiger partial charge on any atom is -0.471 e. The number of ether oxygens (including phenoxy) is 1. The molecule has 9 heteroatoms. The number of hydrogen-bond acceptors (Lipinski definition) is 4. The van der Waals surface area contributed by atoms with Gasteiger partial charge in [0.15, 0.2) is 0 Å². The number of benzene rings is 1. The maximum absolute atomic E-state index is 12.6. The predicted octanol–water partition coefficient (Wildman–Crippen LogP) is 3.25. The Kier molecular flexibility index (Phi) is 4.96. The van der Waals surface area contributed by atoms with Gasteiger partial charge in [0.05, 0.1) is 25.0 Å². The van der Waals surface area contributed by atoms with E-state index in [1.807, 2.05) is 22.9 Å². The number of amides is 1. The van der Waals surface area contributed by atoms with Gasteiger partial charge in [-0.1, -0.05) is 12.1 Å². The molecular formula is C20H17F3N4O2. The van der Waals surface area contributed by atoms with Crippen LogP contribution in [0.25, 0.3) is 0 Å². The van der Waals surface area contributed by atoms with Crippen LogP contribution >= 0.6 is 0 Å². The Balaban J connectivity index is 1.28. The van der Waals surface area contributed by atoms with E-state index in [4.69, 9.17) is 4.74 Å². The van der Waals surface area contributed by atoms with Crippen molar-refractivity contribution in [3.8, 4) is 5.88 Å². The number of hydrogen-bond donors (Lipinski definition) is 0. The fourth-order valence-electron chi connectivity index (χ4n) is 2.99. The maximum Gasteiger partial charge on any atom is 0.417 e. The summed E-state index contributed by atoms with van der Waals surface area (Å²) < 4.78 is 45.1. The van der Waals surface area contributed by atoms with E-state index in [-0.39, 0.29) is 17.9 Å². The van der Waals surface area contributed by atoms with Crippen molar-refractivity contribution in [2.45, 2.75) is 18.8 Å². The summed E-state index contributed by atoms with van der Waals surface area (Å²) in [6.07, 6.45) is 1.32. The maximum atomic E-state index is 12.6. The second-order valence-corrected chi connectivity index (χ2v) is 6.76. The second-order valence-electron chi connectivity index (χ2n) is 6.76. The van der Waals surface area contributed by atoms with Gasteiger partial charge in [-0.15, -0.1) is 0 Å². The SMILES string of the molecule is O=C(c1ccc(Cn2ccnc2)cc1)N1CC(Oc2ccc(C(F)(F)F)cn2)C1. The van der Waals surface area contributed by atoms with E-state index in [1.165, 1.54) is 6.07 Å². The van der Waals surface area contributed by atoms with Crippen LogP contribution in [0, 0.1) is 0 Å². The third-order valence-electron chi connectivity index (χ3n) is 4.61. The van der Waals surface area contributed by atoms with Crippen LogP contribution in [0.2, 0.25) is 0 Å². The van der Waals surface area contributed by atoms with Crippen LogP contribution in [0.1, 0.15) is 21.5 Å². The fourth-order valence-corrected chi connectivity index (χ4v) is 2.99. The van der Waals surface area contributed by atoms with Gasteiger partial charge in [-0.05, 0) is 23.8 Å². The van der Waals surface area contributed by atoms with Crippen molar-refractivity contribution in [2.24, 2.45) is 0 Å². The first-order valence-electron chi connectivity index (χ1n) is 8.92. The van der Waals surface area contributed by atoms with Crippen LogP contribution in [0.4, 0.5) is 13.2 Å². The van der Waals surface area contributed by atoms with Gasteiger partial charge < -0.3 is 14.2 Å². The molecule has 1 saturated heterocycles. The molecule has 0 bridgehead atoms. The minimum atomic E-state index is -4.43. The average molecular weight is 402 g/mol. The van der Waals surface area contributed by atoms with Crippen molar-refractivity contribution in [3.05, 3.63) is 78.0 Å². The van der Waals surface area contributed by atoms with Crippen molar-refractivity contribution < 1.29 is 22.7 Å². The van der Waals surface area contributed by atoms with E-state index in [0.29, 0.717) is 25.2 Å². The second kappa shape index (κ2) is 7.57. The van der Waals surface area contributed by atoms with E-state index >= 15 is 0 Å². The summed E-state index contributed by atoms with van der Waals surface area (Å²) >= 11 is 0. The third-order valence-corrected chi connectivity index (χ3v) is 4.61. The van der Waals surface area contributed by atoms with Crippen LogP contribution in [-0.4, -0.2) is 44.5 Å². The number of rotatable bonds is 5. The van der Waals surface area contributed by atoms with Gasteiger partial charge in [-0.3, -0.25) is 4.79 Å². The molecule has 3 heterocycles. The molecule has 2 aromatic heterocycles. The number of carbonyl (C=O) groups is 1. The summed E-state index contributed by atoms with van der Waals surface area (Å²) in [5.41, 5.74) is 0.801. The molecule has 29 heavy (non-hydrogen) atoms. The van der Waals surface area contributed by atoms with Crippen molar-refractivity contribution in [1.29, 1.82) is 0 Å². The molecule has 0 radical (unpaired) electrons. The lowest BCUT2D eigenvalue weighted by Gasteiger charge is -2.38. The fraction of sp³-hybridized carbons (Fsp3) is 0.250. The summed E-state index contributed by atoms with van der Waals surface area (Å²) in [7, 11) is 0. The van der Waals surface area contributed by atoms with Crippen LogP contribution in [0.5, 0.6) is 5.88 Å². The molecule has 0 spiro atoms. The zero-order valence-electron chi connectivity index (χ0n) is 15.2. The number of alkyl halides is 3. The molecular weight excluding hydrogens is 385 g/mol. The van der Waals surface area contributed by atoms with Gasteiger partial charge in [0, 0.05) is 36.8 Å². The lowest BCUT2D eigenvalue weighted by molar-refractivity contribution is -0.137. The zero-order valence-corrected chi connectivity index (χ0v) is 15.2.